The number of nitrogens with zero attached hydrogens (tertiary/aromatic N) is 2. The number of hydrazine groups is 1. The standard InChI is InChI=1S/C14H12BrN3O2/c1-19-12-4-2-11(3-5-12)18-9-13(20-17-18)10-6-7-16-14(15)8-10/h2-9,17H,1H3. The Morgan fingerprint density at radius 2 is 2.05 bits per heavy atom. The molecule has 1 aromatic heterocycles. The van der Waals surface area contributed by atoms with E-state index in [0.29, 0.717) is 0 Å². The van der Waals surface area contributed by atoms with Crippen LogP contribution in [-0.4, -0.2) is 12.1 Å². The summed E-state index contributed by atoms with van der Waals surface area (Å²) in [5.41, 5.74) is 4.74. The van der Waals surface area contributed by atoms with Crippen LogP contribution < -0.4 is 15.3 Å². The fourth-order valence-corrected chi connectivity index (χ4v) is 2.19. The summed E-state index contributed by atoms with van der Waals surface area (Å²) in [7, 11) is 1.64. The van der Waals surface area contributed by atoms with E-state index in [0.717, 1.165) is 27.4 Å². The first kappa shape index (κ1) is 13.0. The summed E-state index contributed by atoms with van der Waals surface area (Å²) < 4.78 is 5.90. The van der Waals surface area contributed by atoms with Crippen LogP contribution in [-0.2, 0) is 4.84 Å². The number of methoxy groups -OCH3 is 1. The SMILES string of the molecule is COc1ccc(N2C=C(c3ccnc(Br)c3)ON2)cc1. The second kappa shape index (κ2) is 5.52. The number of hydrogen-bond donors (Lipinski definition) is 1. The lowest BCUT2D eigenvalue weighted by Gasteiger charge is -2.13. The zero-order valence-electron chi connectivity index (χ0n) is 10.7. The smallest absolute Gasteiger partial charge is 0.174 e. The van der Waals surface area contributed by atoms with Gasteiger partial charge in [0.2, 0.25) is 0 Å². The van der Waals surface area contributed by atoms with Crippen LogP contribution in [0.4, 0.5) is 5.69 Å². The highest BCUT2D eigenvalue weighted by molar-refractivity contribution is 9.10. The average Bonchev–Trinajstić information content (AvgIpc) is 2.97. The van der Waals surface area contributed by atoms with Crippen molar-refractivity contribution in [3.05, 3.63) is 59.0 Å². The Morgan fingerprint density at radius 1 is 1.25 bits per heavy atom. The molecule has 0 radical (unpaired) electrons. The lowest BCUT2D eigenvalue weighted by atomic mass is 10.2. The maximum atomic E-state index is 5.47. The first-order valence-corrected chi connectivity index (χ1v) is 6.75. The number of benzene rings is 1. The van der Waals surface area contributed by atoms with Crippen molar-refractivity contribution in [3.8, 4) is 5.75 Å². The van der Waals surface area contributed by atoms with Crippen molar-refractivity contribution in [2.75, 3.05) is 12.1 Å². The van der Waals surface area contributed by atoms with E-state index in [2.05, 4.69) is 26.5 Å². The summed E-state index contributed by atoms with van der Waals surface area (Å²) in [6.07, 6.45) is 3.60. The van der Waals surface area contributed by atoms with Gasteiger partial charge in [-0.05, 0) is 52.3 Å². The highest BCUT2D eigenvalue weighted by atomic mass is 79.9. The van der Waals surface area contributed by atoms with Gasteiger partial charge in [0.15, 0.2) is 5.76 Å². The Hall–Kier alpha value is -2.05. The number of ether oxygens (including phenoxy) is 1. The van der Waals surface area contributed by atoms with Gasteiger partial charge < -0.3 is 9.57 Å². The Labute approximate surface area is 124 Å². The summed E-state index contributed by atoms with van der Waals surface area (Å²) in [5, 5.41) is 1.79. The van der Waals surface area contributed by atoms with E-state index in [9.17, 15) is 0 Å². The van der Waals surface area contributed by atoms with Crippen LogP contribution in [0.3, 0.4) is 0 Å². The van der Waals surface area contributed by atoms with Crippen LogP contribution in [0.15, 0.2) is 53.4 Å². The molecule has 1 aromatic carbocycles. The molecule has 0 fully saturated rings. The van der Waals surface area contributed by atoms with Crippen molar-refractivity contribution >= 4 is 27.4 Å². The molecule has 2 heterocycles. The van der Waals surface area contributed by atoms with Gasteiger partial charge in [0.1, 0.15) is 10.4 Å². The van der Waals surface area contributed by atoms with Crippen LogP contribution in [0, 0.1) is 0 Å². The molecular weight excluding hydrogens is 322 g/mol. The lowest BCUT2D eigenvalue weighted by Crippen LogP contribution is -2.26. The van der Waals surface area contributed by atoms with Crippen molar-refractivity contribution in [1.29, 1.82) is 0 Å². The zero-order valence-corrected chi connectivity index (χ0v) is 12.3. The molecule has 2 aromatic rings. The van der Waals surface area contributed by atoms with E-state index in [4.69, 9.17) is 9.57 Å². The maximum Gasteiger partial charge on any atom is 0.174 e. The third-order valence-electron chi connectivity index (χ3n) is 2.86. The molecule has 1 aliphatic rings. The Kier molecular flexibility index (Phi) is 3.58. The van der Waals surface area contributed by atoms with Crippen molar-refractivity contribution in [1.82, 2.24) is 10.6 Å². The van der Waals surface area contributed by atoms with Crippen LogP contribution in [0.5, 0.6) is 5.75 Å². The van der Waals surface area contributed by atoms with Gasteiger partial charge in [0.05, 0.1) is 19.0 Å². The number of pyridine rings is 1. The molecule has 0 saturated carbocycles. The van der Waals surface area contributed by atoms with Crippen molar-refractivity contribution < 1.29 is 9.57 Å². The highest BCUT2D eigenvalue weighted by Crippen LogP contribution is 2.26. The summed E-state index contributed by atoms with van der Waals surface area (Å²) in [5.74, 6) is 1.54. The Balaban J connectivity index is 1.83. The van der Waals surface area contributed by atoms with Crippen LogP contribution in [0.2, 0.25) is 0 Å². The average molecular weight is 334 g/mol. The number of nitrogens with one attached hydrogen (secondary N) is 1. The topological polar surface area (TPSA) is 46.6 Å². The number of halogens is 1. The van der Waals surface area contributed by atoms with Crippen molar-refractivity contribution in [2.45, 2.75) is 0 Å². The fourth-order valence-electron chi connectivity index (χ4n) is 1.83. The predicted octanol–water partition coefficient (Wildman–Crippen LogP) is 3.11. The van der Waals surface area contributed by atoms with E-state index >= 15 is 0 Å². The molecule has 1 aliphatic heterocycles. The molecule has 6 heteroatoms. The van der Waals surface area contributed by atoms with Gasteiger partial charge >= 0.3 is 0 Å². The number of aromatic nitrogens is 1. The molecule has 0 atom stereocenters. The van der Waals surface area contributed by atoms with Crippen molar-refractivity contribution in [3.63, 3.8) is 0 Å². The Bertz CT molecular complexity index is 643. The van der Waals surface area contributed by atoms with Gasteiger partial charge in [-0.2, -0.15) is 0 Å². The number of hydrogen-bond acceptors (Lipinski definition) is 5. The number of rotatable bonds is 3. The third-order valence-corrected chi connectivity index (χ3v) is 3.30. The Morgan fingerprint density at radius 3 is 2.75 bits per heavy atom. The quantitative estimate of drug-likeness (QED) is 0.874. The molecule has 0 saturated heterocycles. The maximum absolute atomic E-state index is 5.47. The largest absolute Gasteiger partial charge is 0.497 e. The molecule has 102 valence electrons. The molecule has 0 bridgehead atoms. The summed E-state index contributed by atoms with van der Waals surface area (Å²) in [6, 6.07) is 11.5. The van der Waals surface area contributed by atoms with E-state index in [1.165, 1.54) is 0 Å². The second-order valence-corrected chi connectivity index (χ2v) is 4.93. The highest BCUT2D eigenvalue weighted by Gasteiger charge is 2.17. The van der Waals surface area contributed by atoms with Crippen molar-refractivity contribution in [2.24, 2.45) is 0 Å². The monoisotopic (exact) mass is 333 g/mol. The summed E-state index contributed by atoms with van der Waals surface area (Å²) in [4.78, 5) is 9.57. The van der Waals surface area contributed by atoms with E-state index < -0.39 is 0 Å². The number of anilines is 1. The molecule has 3 rings (SSSR count). The third kappa shape index (κ3) is 2.61. The van der Waals surface area contributed by atoms with Gasteiger partial charge in [-0.1, -0.05) is 5.59 Å². The molecule has 20 heavy (non-hydrogen) atoms. The lowest BCUT2D eigenvalue weighted by molar-refractivity contribution is 0.180. The van der Waals surface area contributed by atoms with Gasteiger partial charge in [0, 0.05) is 11.8 Å². The molecule has 0 unspecified atom stereocenters. The molecule has 5 nitrogen and oxygen atoms in total. The zero-order chi connectivity index (χ0) is 13.9. The molecule has 1 N–H and O–H groups in total. The van der Waals surface area contributed by atoms with E-state index in [1.807, 2.05) is 42.6 Å². The second-order valence-electron chi connectivity index (χ2n) is 4.12. The molecule has 0 aliphatic carbocycles. The van der Waals surface area contributed by atoms with Crippen LogP contribution in [0.25, 0.3) is 5.76 Å². The van der Waals surface area contributed by atoms with Gasteiger partial charge in [-0.15, -0.1) is 0 Å². The molecule has 0 amide bonds. The van der Waals surface area contributed by atoms with Crippen LogP contribution in [0.1, 0.15) is 5.56 Å². The fraction of sp³-hybridized carbons (Fsp3) is 0.0714. The van der Waals surface area contributed by atoms with Gasteiger partial charge in [0.25, 0.3) is 0 Å². The summed E-state index contributed by atoms with van der Waals surface area (Å²) in [6.45, 7) is 0. The molecule has 0 spiro atoms. The van der Waals surface area contributed by atoms with Crippen LogP contribution >= 0.6 is 15.9 Å². The predicted molar refractivity (Wildman–Crippen MR) is 79.6 cm³/mol. The van der Waals surface area contributed by atoms with E-state index in [1.54, 1.807) is 18.3 Å². The van der Waals surface area contributed by atoms with E-state index in [-0.39, 0.29) is 0 Å². The summed E-state index contributed by atoms with van der Waals surface area (Å²) >= 11 is 3.34. The first-order chi connectivity index (χ1) is 9.76. The minimum atomic E-state index is 0.726. The molecular formula is C14H12BrN3O2. The van der Waals surface area contributed by atoms with Gasteiger partial charge in [-0.25, -0.2) is 9.99 Å². The van der Waals surface area contributed by atoms with Gasteiger partial charge in [-0.3, -0.25) is 0 Å². The minimum Gasteiger partial charge on any atom is -0.497 e. The minimum absolute atomic E-state index is 0.726. The first-order valence-electron chi connectivity index (χ1n) is 5.96. The normalized spacial score (nSPS) is 13.9.